The number of ether oxygens (including phenoxy) is 1. The molecule has 2 unspecified atom stereocenters. The minimum atomic E-state index is 0. The molecule has 1 amide bonds. The van der Waals surface area contributed by atoms with Crippen LogP contribution < -0.4 is 5.32 Å². The van der Waals surface area contributed by atoms with Gasteiger partial charge in [0.25, 0.3) is 5.91 Å². The van der Waals surface area contributed by atoms with Crippen molar-refractivity contribution in [1.82, 2.24) is 20.4 Å². The molecule has 1 aromatic heterocycles. The molecule has 0 aromatic carbocycles. The first-order valence-corrected chi connectivity index (χ1v) is 6.86. The fourth-order valence-electron chi connectivity index (χ4n) is 2.72. The number of nitrogens with one attached hydrogen (secondary N) is 2. The summed E-state index contributed by atoms with van der Waals surface area (Å²) in [5, 5.41) is 10.5. The van der Waals surface area contributed by atoms with Gasteiger partial charge in [0.2, 0.25) is 0 Å². The zero-order valence-electron chi connectivity index (χ0n) is 11.8. The Morgan fingerprint density at radius 3 is 3.05 bits per heavy atom. The molecular weight excluding hydrogens is 280 g/mol. The number of nitrogens with zero attached hydrogens (tertiary/aromatic N) is 2. The highest BCUT2D eigenvalue weighted by molar-refractivity contribution is 5.94. The van der Waals surface area contributed by atoms with E-state index in [4.69, 9.17) is 4.74 Å². The van der Waals surface area contributed by atoms with Crippen molar-refractivity contribution in [1.29, 1.82) is 0 Å². The molecule has 112 valence electrons. The molecule has 2 aliphatic rings. The summed E-state index contributed by atoms with van der Waals surface area (Å²) in [6.45, 7) is 6.90. The third-order valence-corrected chi connectivity index (χ3v) is 3.88. The second-order valence-electron chi connectivity index (χ2n) is 5.41. The number of halogens is 1. The Morgan fingerprint density at radius 2 is 2.25 bits per heavy atom. The normalized spacial score (nSPS) is 25.8. The van der Waals surface area contributed by atoms with Crippen molar-refractivity contribution in [2.24, 2.45) is 0 Å². The van der Waals surface area contributed by atoms with Crippen LogP contribution >= 0.6 is 12.4 Å². The molecule has 3 rings (SSSR count). The number of aromatic amines is 1. The Hall–Kier alpha value is -1.11. The third kappa shape index (κ3) is 2.68. The molecule has 0 bridgehead atoms. The number of hydrogen-bond acceptors (Lipinski definition) is 4. The fraction of sp³-hybridized carbons (Fsp3) is 0.692. The van der Waals surface area contributed by atoms with Crippen LogP contribution in [0.15, 0.2) is 0 Å². The van der Waals surface area contributed by atoms with Crippen molar-refractivity contribution < 1.29 is 9.53 Å². The van der Waals surface area contributed by atoms with E-state index < -0.39 is 0 Å². The van der Waals surface area contributed by atoms with Crippen LogP contribution in [0.5, 0.6) is 0 Å². The predicted molar refractivity (Wildman–Crippen MR) is 77.2 cm³/mol. The van der Waals surface area contributed by atoms with E-state index in [0.717, 1.165) is 30.8 Å². The molecule has 0 aliphatic carbocycles. The minimum absolute atomic E-state index is 0. The molecule has 1 saturated heterocycles. The molecule has 3 heterocycles. The average molecular weight is 301 g/mol. The van der Waals surface area contributed by atoms with Gasteiger partial charge in [0.05, 0.1) is 18.8 Å². The summed E-state index contributed by atoms with van der Waals surface area (Å²) in [5.74, 6) is 0.0175. The van der Waals surface area contributed by atoms with Crippen molar-refractivity contribution in [3.8, 4) is 0 Å². The standard InChI is InChI=1S/C13H20N4O2.ClH/c1-8-7-19-9(2)6-17(8)13(18)12-10-5-14-4-3-11(10)15-16-12;/h8-9,14H,3-7H2,1-2H3,(H,15,16);1H. The lowest BCUT2D eigenvalue weighted by Crippen LogP contribution is -2.50. The highest BCUT2D eigenvalue weighted by Gasteiger charge is 2.32. The first-order chi connectivity index (χ1) is 9.16. The van der Waals surface area contributed by atoms with Gasteiger partial charge in [-0.1, -0.05) is 0 Å². The second kappa shape index (κ2) is 6.11. The largest absolute Gasteiger partial charge is 0.375 e. The number of fused-ring (bicyclic) bond motifs is 1. The van der Waals surface area contributed by atoms with Gasteiger partial charge in [-0.25, -0.2) is 0 Å². The van der Waals surface area contributed by atoms with Gasteiger partial charge in [0.1, 0.15) is 0 Å². The molecule has 7 heteroatoms. The van der Waals surface area contributed by atoms with E-state index in [9.17, 15) is 4.79 Å². The van der Waals surface area contributed by atoms with Crippen molar-refractivity contribution >= 4 is 18.3 Å². The molecule has 0 spiro atoms. The summed E-state index contributed by atoms with van der Waals surface area (Å²) in [5.41, 5.74) is 2.70. The lowest BCUT2D eigenvalue weighted by Gasteiger charge is -2.36. The van der Waals surface area contributed by atoms with Gasteiger partial charge >= 0.3 is 0 Å². The van der Waals surface area contributed by atoms with Gasteiger partial charge in [-0.05, 0) is 13.8 Å². The number of carbonyl (C=O) groups is 1. The van der Waals surface area contributed by atoms with Crippen molar-refractivity contribution in [3.05, 3.63) is 17.0 Å². The van der Waals surface area contributed by atoms with Crippen LogP contribution in [-0.2, 0) is 17.7 Å². The third-order valence-electron chi connectivity index (χ3n) is 3.88. The molecule has 20 heavy (non-hydrogen) atoms. The Labute approximate surface area is 124 Å². The number of hydrogen-bond donors (Lipinski definition) is 2. The summed E-state index contributed by atoms with van der Waals surface area (Å²) in [7, 11) is 0. The summed E-state index contributed by atoms with van der Waals surface area (Å²) >= 11 is 0. The van der Waals surface area contributed by atoms with Gasteiger partial charge in [0, 0.05) is 37.3 Å². The van der Waals surface area contributed by atoms with Crippen LogP contribution in [-0.4, -0.2) is 52.8 Å². The predicted octanol–water partition coefficient (Wildman–Crippen LogP) is 0.727. The van der Waals surface area contributed by atoms with Crippen LogP contribution in [0, 0.1) is 0 Å². The van der Waals surface area contributed by atoms with Crippen LogP contribution in [0.4, 0.5) is 0 Å². The van der Waals surface area contributed by atoms with Crippen LogP contribution in [0.2, 0.25) is 0 Å². The molecule has 2 atom stereocenters. The molecular formula is C13H21ClN4O2. The van der Waals surface area contributed by atoms with Gasteiger partial charge in [-0.2, -0.15) is 5.10 Å². The van der Waals surface area contributed by atoms with E-state index in [-0.39, 0.29) is 30.5 Å². The molecule has 1 aromatic rings. The molecule has 1 fully saturated rings. The summed E-state index contributed by atoms with van der Waals surface area (Å²) < 4.78 is 5.57. The number of aromatic nitrogens is 2. The van der Waals surface area contributed by atoms with Crippen molar-refractivity contribution in [2.75, 3.05) is 19.7 Å². The number of amides is 1. The van der Waals surface area contributed by atoms with Gasteiger partial charge < -0.3 is 15.0 Å². The maximum absolute atomic E-state index is 12.6. The first-order valence-electron chi connectivity index (χ1n) is 6.86. The zero-order valence-corrected chi connectivity index (χ0v) is 12.6. The Balaban J connectivity index is 0.00000147. The Morgan fingerprint density at radius 1 is 1.45 bits per heavy atom. The van der Waals surface area contributed by atoms with Crippen molar-refractivity contribution in [3.63, 3.8) is 0 Å². The van der Waals surface area contributed by atoms with E-state index in [1.807, 2.05) is 18.7 Å². The SMILES string of the molecule is CC1CN(C(=O)c2n[nH]c3c2CNCC3)C(C)CO1.Cl. The smallest absolute Gasteiger partial charge is 0.275 e. The highest BCUT2D eigenvalue weighted by Crippen LogP contribution is 2.20. The van der Waals surface area contributed by atoms with E-state index in [1.165, 1.54) is 0 Å². The second-order valence-corrected chi connectivity index (χ2v) is 5.41. The average Bonchev–Trinajstić information content (AvgIpc) is 2.84. The van der Waals surface area contributed by atoms with Gasteiger partial charge in [-0.15, -0.1) is 12.4 Å². The monoisotopic (exact) mass is 300 g/mol. The Kier molecular flexibility index (Phi) is 4.67. The number of H-pyrrole nitrogens is 1. The molecule has 6 nitrogen and oxygen atoms in total. The topological polar surface area (TPSA) is 70.2 Å². The molecule has 0 radical (unpaired) electrons. The summed E-state index contributed by atoms with van der Waals surface area (Å²) in [6.07, 6.45) is 0.998. The lowest BCUT2D eigenvalue weighted by molar-refractivity contribution is -0.0389. The van der Waals surface area contributed by atoms with Crippen LogP contribution in [0.3, 0.4) is 0 Å². The maximum atomic E-state index is 12.6. The highest BCUT2D eigenvalue weighted by atomic mass is 35.5. The van der Waals surface area contributed by atoms with Crippen LogP contribution in [0.1, 0.15) is 35.6 Å². The van der Waals surface area contributed by atoms with Gasteiger partial charge in [-0.3, -0.25) is 9.89 Å². The summed E-state index contributed by atoms with van der Waals surface area (Å²) in [4.78, 5) is 14.5. The fourth-order valence-corrected chi connectivity index (χ4v) is 2.72. The minimum Gasteiger partial charge on any atom is -0.375 e. The molecule has 0 saturated carbocycles. The van der Waals surface area contributed by atoms with Crippen molar-refractivity contribution in [2.45, 2.75) is 39.0 Å². The lowest BCUT2D eigenvalue weighted by atomic mass is 10.1. The van der Waals surface area contributed by atoms with E-state index in [0.29, 0.717) is 18.8 Å². The quantitative estimate of drug-likeness (QED) is 0.802. The number of morpholine rings is 1. The van der Waals surface area contributed by atoms with Crippen LogP contribution in [0.25, 0.3) is 0 Å². The first kappa shape index (κ1) is 15.3. The van der Waals surface area contributed by atoms with E-state index in [2.05, 4.69) is 15.5 Å². The van der Waals surface area contributed by atoms with E-state index in [1.54, 1.807) is 0 Å². The van der Waals surface area contributed by atoms with Gasteiger partial charge in [0.15, 0.2) is 5.69 Å². The number of rotatable bonds is 1. The molecule has 2 aliphatic heterocycles. The summed E-state index contributed by atoms with van der Waals surface area (Å²) in [6, 6.07) is 0.104. The van der Waals surface area contributed by atoms with E-state index >= 15 is 0 Å². The maximum Gasteiger partial charge on any atom is 0.275 e. The molecule has 2 N–H and O–H groups in total. The zero-order chi connectivity index (χ0) is 13.4. The number of carbonyl (C=O) groups excluding carboxylic acids is 1. The Bertz CT molecular complexity index is 491.